The van der Waals surface area contributed by atoms with Crippen LogP contribution < -0.4 is 0 Å². The van der Waals surface area contributed by atoms with Crippen LogP contribution in [0.2, 0.25) is 0 Å². The van der Waals surface area contributed by atoms with Gasteiger partial charge in [0.05, 0.1) is 4.90 Å². The van der Waals surface area contributed by atoms with Crippen LogP contribution in [0.15, 0.2) is 41.3 Å². The number of rotatable bonds is 1. The van der Waals surface area contributed by atoms with Crippen LogP contribution in [0.3, 0.4) is 0 Å². The molecule has 0 bridgehead atoms. The molecule has 0 radical (unpaired) electrons. The van der Waals surface area contributed by atoms with E-state index in [4.69, 9.17) is 0 Å². The molecule has 2 aromatic carbocycles. The Morgan fingerprint density at radius 1 is 1.07 bits per heavy atom. The highest BCUT2D eigenvalue weighted by Gasteiger charge is 2.04. The molecule has 0 saturated carbocycles. The Kier molecular flexibility index (Phi) is 2.21. The van der Waals surface area contributed by atoms with Gasteiger partial charge in [-0.05, 0) is 17.5 Å². The second-order valence-corrected chi connectivity index (χ2v) is 3.90. The van der Waals surface area contributed by atoms with E-state index in [2.05, 4.69) is 0 Å². The van der Waals surface area contributed by atoms with E-state index in [1.165, 1.54) is 6.07 Å². The van der Waals surface area contributed by atoms with Gasteiger partial charge in [-0.1, -0.05) is 24.3 Å². The SMILES string of the molecule is O=[SH](=O)c1cc(F)cc2ccccc12. The minimum Gasteiger partial charge on any atom is -0.227 e. The third-order valence-electron chi connectivity index (χ3n) is 2.00. The molecule has 0 spiro atoms. The zero-order valence-corrected chi connectivity index (χ0v) is 8.00. The van der Waals surface area contributed by atoms with Crippen molar-refractivity contribution in [3.05, 3.63) is 42.2 Å². The lowest BCUT2D eigenvalue weighted by molar-refractivity contribution is 0.608. The largest absolute Gasteiger partial charge is 0.227 e. The Morgan fingerprint density at radius 2 is 1.79 bits per heavy atom. The van der Waals surface area contributed by atoms with Crippen molar-refractivity contribution in [1.82, 2.24) is 0 Å². The normalized spacial score (nSPS) is 11.0. The first kappa shape index (κ1) is 9.15. The molecule has 2 aromatic rings. The second-order valence-electron chi connectivity index (χ2n) is 2.90. The van der Waals surface area contributed by atoms with Crippen LogP contribution in [0.4, 0.5) is 4.39 Å². The predicted molar refractivity (Wildman–Crippen MR) is 52.5 cm³/mol. The highest BCUT2D eigenvalue weighted by Crippen LogP contribution is 2.21. The van der Waals surface area contributed by atoms with Gasteiger partial charge in [0.15, 0.2) is 10.7 Å². The van der Waals surface area contributed by atoms with Crippen molar-refractivity contribution < 1.29 is 12.8 Å². The lowest BCUT2D eigenvalue weighted by atomic mass is 10.1. The minimum absolute atomic E-state index is 0.0376. The zero-order chi connectivity index (χ0) is 10.1. The monoisotopic (exact) mass is 210 g/mol. The molecule has 0 atom stereocenters. The van der Waals surface area contributed by atoms with Crippen LogP contribution in [0.1, 0.15) is 0 Å². The van der Waals surface area contributed by atoms with Gasteiger partial charge in [0.2, 0.25) is 0 Å². The minimum atomic E-state index is -2.75. The van der Waals surface area contributed by atoms with Crippen molar-refractivity contribution in [3.8, 4) is 0 Å². The number of halogens is 1. The molecule has 0 N–H and O–H groups in total. The number of fused-ring (bicyclic) bond motifs is 1. The number of hydrogen-bond donors (Lipinski definition) is 1. The van der Waals surface area contributed by atoms with Crippen molar-refractivity contribution in [2.24, 2.45) is 0 Å². The van der Waals surface area contributed by atoms with E-state index < -0.39 is 16.5 Å². The van der Waals surface area contributed by atoms with E-state index in [0.717, 1.165) is 6.07 Å². The van der Waals surface area contributed by atoms with E-state index in [9.17, 15) is 12.8 Å². The highest BCUT2D eigenvalue weighted by atomic mass is 32.2. The molecule has 14 heavy (non-hydrogen) atoms. The maximum absolute atomic E-state index is 13.0. The first-order valence-electron chi connectivity index (χ1n) is 4.01. The van der Waals surface area contributed by atoms with Gasteiger partial charge in [-0.3, -0.25) is 0 Å². The molecule has 0 aliphatic heterocycles. The molecule has 0 aromatic heterocycles. The van der Waals surface area contributed by atoms with Gasteiger partial charge in [-0.15, -0.1) is 0 Å². The van der Waals surface area contributed by atoms with Crippen LogP contribution in [0, 0.1) is 5.82 Å². The standard InChI is InChI=1S/C10H7FO2S/c11-8-5-7-3-1-2-4-9(7)10(6-8)14(12)13/h1-6,14H. The molecular weight excluding hydrogens is 203 g/mol. The Morgan fingerprint density at radius 3 is 2.50 bits per heavy atom. The first-order valence-corrected chi connectivity index (χ1v) is 5.19. The fourth-order valence-corrected chi connectivity index (χ4v) is 2.03. The molecule has 0 saturated heterocycles. The molecule has 0 heterocycles. The molecular formula is C10H7FO2S. The summed E-state index contributed by atoms with van der Waals surface area (Å²) >= 11 is 0. The van der Waals surface area contributed by atoms with Gasteiger partial charge in [-0.2, -0.15) is 0 Å². The maximum Gasteiger partial charge on any atom is 0.169 e. The summed E-state index contributed by atoms with van der Waals surface area (Å²) in [5, 5.41) is 1.16. The van der Waals surface area contributed by atoms with Crippen molar-refractivity contribution >= 4 is 21.5 Å². The summed E-state index contributed by atoms with van der Waals surface area (Å²) in [5.74, 6) is -0.530. The van der Waals surface area contributed by atoms with Crippen molar-refractivity contribution in [3.63, 3.8) is 0 Å². The molecule has 2 rings (SSSR count). The highest BCUT2D eigenvalue weighted by molar-refractivity contribution is 7.72. The zero-order valence-electron chi connectivity index (χ0n) is 7.11. The van der Waals surface area contributed by atoms with Gasteiger partial charge in [0, 0.05) is 5.39 Å². The van der Waals surface area contributed by atoms with Gasteiger partial charge in [0.25, 0.3) is 0 Å². The molecule has 0 unspecified atom stereocenters. The molecule has 0 amide bonds. The molecule has 2 nitrogen and oxygen atoms in total. The third-order valence-corrected chi connectivity index (χ3v) is 2.76. The van der Waals surface area contributed by atoms with Crippen LogP contribution in [-0.4, -0.2) is 8.42 Å². The number of thiol groups is 1. The lowest BCUT2D eigenvalue weighted by Gasteiger charge is -2.00. The van der Waals surface area contributed by atoms with Crippen LogP contribution in [0.5, 0.6) is 0 Å². The van der Waals surface area contributed by atoms with E-state index in [0.29, 0.717) is 10.8 Å². The van der Waals surface area contributed by atoms with Gasteiger partial charge >= 0.3 is 0 Å². The summed E-state index contributed by atoms with van der Waals surface area (Å²) < 4.78 is 34.7. The van der Waals surface area contributed by atoms with E-state index in [-0.39, 0.29) is 4.90 Å². The van der Waals surface area contributed by atoms with Crippen molar-refractivity contribution in [2.45, 2.75) is 4.90 Å². The average molecular weight is 210 g/mol. The molecule has 0 aliphatic carbocycles. The van der Waals surface area contributed by atoms with Crippen LogP contribution in [0.25, 0.3) is 10.8 Å². The Labute approximate surface area is 81.9 Å². The van der Waals surface area contributed by atoms with Crippen molar-refractivity contribution in [1.29, 1.82) is 0 Å². The summed E-state index contributed by atoms with van der Waals surface area (Å²) in [4.78, 5) is 0.0376. The molecule has 0 aliphatic rings. The summed E-state index contributed by atoms with van der Waals surface area (Å²) in [6.45, 7) is 0. The Hall–Kier alpha value is -1.42. The van der Waals surface area contributed by atoms with Gasteiger partial charge in [0.1, 0.15) is 5.82 Å². The summed E-state index contributed by atoms with van der Waals surface area (Å²) in [6.07, 6.45) is 0. The molecule has 72 valence electrons. The molecule has 0 fully saturated rings. The Bertz CT molecular complexity index is 553. The Balaban J connectivity index is 2.94. The summed E-state index contributed by atoms with van der Waals surface area (Å²) in [7, 11) is -2.75. The van der Waals surface area contributed by atoms with E-state index in [1.54, 1.807) is 24.3 Å². The maximum atomic E-state index is 13.0. The van der Waals surface area contributed by atoms with E-state index >= 15 is 0 Å². The first-order chi connectivity index (χ1) is 6.68. The summed E-state index contributed by atoms with van der Waals surface area (Å²) in [6, 6.07) is 9.16. The van der Waals surface area contributed by atoms with E-state index in [1.807, 2.05) is 0 Å². The predicted octanol–water partition coefficient (Wildman–Crippen LogP) is 1.95. The smallest absolute Gasteiger partial charge is 0.169 e. The number of hydrogen-bond acceptors (Lipinski definition) is 2. The third kappa shape index (κ3) is 1.48. The van der Waals surface area contributed by atoms with Gasteiger partial charge in [-0.25, -0.2) is 12.8 Å². The number of benzene rings is 2. The lowest BCUT2D eigenvalue weighted by Crippen LogP contribution is -1.86. The van der Waals surface area contributed by atoms with Crippen LogP contribution in [-0.2, 0) is 10.7 Å². The van der Waals surface area contributed by atoms with Gasteiger partial charge < -0.3 is 0 Å². The second kappa shape index (κ2) is 3.38. The van der Waals surface area contributed by atoms with Crippen LogP contribution >= 0.6 is 0 Å². The quantitative estimate of drug-likeness (QED) is 0.730. The fourth-order valence-electron chi connectivity index (χ4n) is 1.41. The fraction of sp³-hybridized carbons (Fsp3) is 0. The average Bonchev–Trinajstić information content (AvgIpc) is 2.16. The molecule has 4 heteroatoms. The summed E-state index contributed by atoms with van der Waals surface area (Å²) in [5.41, 5.74) is 0. The topological polar surface area (TPSA) is 34.1 Å². The van der Waals surface area contributed by atoms with Crippen molar-refractivity contribution in [2.75, 3.05) is 0 Å².